The van der Waals surface area contributed by atoms with E-state index in [1.807, 2.05) is 78.8 Å². The summed E-state index contributed by atoms with van der Waals surface area (Å²) < 4.78 is 11.2. The molecule has 0 aromatic heterocycles. The minimum Gasteiger partial charge on any atom is -0.466 e. The van der Waals surface area contributed by atoms with Crippen LogP contribution < -0.4 is 10.1 Å². The fourth-order valence-corrected chi connectivity index (χ4v) is 4.96. The Balaban J connectivity index is 1.77. The number of benzene rings is 2. The Morgan fingerprint density at radius 1 is 1.09 bits per heavy atom. The van der Waals surface area contributed by atoms with E-state index in [0.717, 1.165) is 22.2 Å². The molecular formula is C26H27N3O4S. The molecule has 0 bridgehead atoms. The molecule has 0 unspecified atom stereocenters. The van der Waals surface area contributed by atoms with E-state index in [1.165, 1.54) is 18.9 Å². The molecular weight excluding hydrogens is 450 g/mol. The third kappa shape index (κ3) is 4.87. The van der Waals surface area contributed by atoms with Crippen molar-refractivity contribution in [3.8, 4) is 11.5 Å². The highest BCUT2D eigenvalue weighted by Gasteiger charge is 2.41. The van der Waals surface area contributed by atoms with E-state index in [-0.39, 0.29) is 12.3 Å². The smallest absolute Gasteiger partial charge is 0.338 e. The number of carbonyl (C=O) groups excluding carboxylic acids is 2. The molecule has 0 fully saturated rings. The van der Waals surface area contributed by atoms with Gasteiger partial charge in [-0.05, 0) is 48.6 Å². The fourth-order valence-electron chi connectivity index (χ4n) is 4.02. The molecule has 1 atom stereocenters. The number of carbonyl (C=O) groups is 2. The van der Waals surface area contributed by atoms with Crippen molar-refractivity contribution >= 4 is 28.8 Å². The third-order valence-electron chi connectivity index (χ3n) is 5.50. The van der Waals surface area contributed by atoms with Gasteiger partial charge in [0.25, 0.3) is 0 Å². The summed E-state index contributed by atoms with van der Waals surface area (Å²) in [5.41, 5.74) is 2.77. The number of aliphatic imine (C=N–C) groups is 1. The second-order valence-electron chi connectivity index (χ2n) is 7.72. The van der Waals surface area contributed by atoms with E-state index in [4.69, 9.17) is 14.5 Å². The van der Waals surface area contributed by atoms with Gasteiger partial charge in [-0.3, -0.25) is 4.79 Å². The van der Waals surface area contributed by atoms with Gasteiger partial charge in [-0.15, -0.1) is 0 Å². The monoisotopic (exact) mass is 477 g/mol. The van der Waals surface area contributed by atoms with Crippen LogP contribution in [0.1, 0.15) is 38.3 Å². The lowest BCUT2D eigenvalue weighted by molar-refractivity contribution is -0.136. The van der Waals surface area contributed by atoms with Crippen molar-refractivity contribution in [2.45, 2.75) is 32.7 Å². The molecule has 34 heavy (non-hydrogen) atoms. The van der Waals surface area contributed by atoms with Gasteiger partial charge in [-0.1, -0.05) is 49.0 Å². The van der Waals surface area contributed by atoms with Gasteiger partial charge in [0.15, 0.2) is 5.17 Å². The van der Waals surface area contributed by atoms with Crippen molar-refractivity contribution in [3.63, 3.8) is 0 Å². The van der Waals surface area contributed by atoms with E-state index in [1.54, 1.807) is 0 Å². The number of allylic oxidation sites excluding steroid dienone is 1. The van der Waals surface area contributed by atoms with Crippen LogP contribution in [0.25, 0.3) is 0 Å². The Kier molecular flexibility index (Phi) is 7.37. The molecule has 1 N–H and O–H groups in total. The molecule has 176 valence electrons. The van der Waals surface area contributed by atoms with Gasteiger partial charge < -0.3 is 19.7 Å². The lowest BCUT2D eigenvalue weighted by atomic mass is 9.92. The quantitative estimate of drug-likeness (QED) is 0.530. The number of hydrogen-bond acceptors (Lipinski definition) is 7. The number of amidine groups is 1. The van der Waals surface area contributed by atoms with Gasteiger partial charge in [0.2, 0.25) is 5.91 Å². The van der Waals surface area contributed by atoms with Gasteiger partial charge in [0, 0.05) is 12.2 Å². The second-order valence-corrected chi connectivity index (χ2v) is 8.55. The molecule has 4 rings (SSSR count). The standard InChI is InChI=1S/C26H27N3O4S/c1-4-21-23(25(31)32-3)24(29-18(15-22(30)27-5-2)16-34-26(29)28-21)17-10-9-13-20(14-17)33-19-11-7-6-8-12-19/h6-14,16,24H,4-5,15H2,1-3H3,(H,27,30)/t24-/m0/s1. The summed E-state index contributed by atoms with van der Waals surface area (Å²) in [7, 11) is 1.37. The first-order valence-electron chi connectivity index (χ1n) is 11.2. The van der Waals surface area contributed by atoms with Crippen LogP contribution in [0.3, 0.4) is 0 Å². The molecule has 1 amide bonds. The average molecular weight is 478 g/mol. The van der Waals surface area contributed by atoms with E-state index in [0.29, 0.717) is 30.0 Å². The number of amides is 1. The van der Waals surface area contributed by atoms with Crippen LogP contribution in [0, 0.1) is 0 Å². The number of nitrogens with zero attached hydrogens (tertiary/aromatic N) is 2. The Hall–Kier alpha value is -3.52. The van der Waals surface area contributed by atoms with Crippen LogP contribution in [0.2, 0.25) is 0 Å². The minimum absolute atomic E-state index is 0.0830. The number of hydrogen-bond donors (Lipinski definition) is 1. The zero-order valence-electron chi connectivity index (χ0n) is 19.4. The lowest BCUT2D eigenvalue weighted by Gasteiger charge is -2.36. The van der Waals surface area contributed by atoms with Crippen molar-refractivity contribution in [3.05, 3.63) is 82.5 Å². The first kappa shape index (κ1) is 23.6. The predicted molar refractivity (Wildman–Crippen MR) is 133 cm³/mol. The summed E-state index contributed by atoms with van der Waals surface area (Å²) in [6.07, 6.45) is 0.761. The Morgan fingerprint density at radius 2 is 1.85 bits per heavy atom. The summed E-state index contributed by atoms with van der Waals surface area (Å²) in [5, 5.41) is 5.51. The second kappa shape index (κ2) is 10.6. The molecule has 2 aromatic rings. The maximum Gasteiger partial charge on any atom is 0.338 e. The van der Waals surface area contributed by atoms with Gasteiger partial charge in [0.05, 0.1) is 30.8 Å². The van der Waals surface area contributed by atoms with E-state index in [9.17, 15) is 9.59 Å². The molecule has 2 aliphatic rings. The van der Waals surface area contributed by atoms with Crippen LogP contribution in [0.4, 0.5) is 0 Å². The highest BCUT2D eigenvalue weighted by atomic mass is 32.2. The zero-order valence-corrected chi connectivity index (χ0v) is 20.2. The maximum atomic E-state index is 13.0. The Bertz CT molecular complexity index is 1170. The SMILES string of the molecule is CCNC(=O)CC1=CSC2=NC(CC)=C(C(=O)OC)[C@H](c3cccc(Oc4ccccc4)c3)N12. The number of methoxy groups -OCH3 is 1. The number of rotatable bonds is 8. The number of nitrogens with one attached hydrogen (secondary N) is 1. The van der Waals surface area contributed by atoms with Crippen molar-refractivity contribution in [2.75, 3.05) is 13.7 Å². The average Bonchev–Trinajstić information content (AvgIpc) is 3.25. The summed E-state index contributed by atoms with van der Waals surface area (Å²) in [6.45, 7) is 4.40. The minimum atomic E-state index is -0.495. The molecule has 2 aliphatic heterocycles. The molecule has 0 aliphatic carbocycles. The highest BCUT2D eigenvalue weighted by molar-refractivity contribution is 8.16. The van der Waals surface area contributed by atoms with Crippen molar-refractivity contribution in [1.29, 1.82) is 0 Å². The van der Waals surface area contributed by atoms with Crippen molar-refractivity contribution < 1.29 is 19.1 Å². The third-order valence-corrected chi connectivity index (χ3v) is 6.39. The molecule has 0 saturated carbocycles. The number of para-hydroxylation sites is 1. The summed E-state index contributed by atoms with van der Waals surface area (Å²) in [5.74, 6) is 0.849. The largest absolute Gasteiger partial charge is 0.466 e. The Labute approximate surface area is 203 Å². The molecule has 8 heteroatoms. The van der Waals surface area contributed by atoms with E-state index < -0.39 is 12.0 Å². The van der Waals surface area contributed by atoms with Crippen LogP contribution in [-0.2, 0) is 14.3 Å². The predicted octanol–water partition coefficient (Wildman–Crippen LogP) is 5.14. The molecule has 2 heterocycles. The first-order valence-corrected chi connectivity index (χ1v) is 12.1. The van der Waals surface area contributed by atoms with Crippen LogP contribution in [-0.4, -0.2) is 35.6 Å². The van der Waals surface area contributed by atoms with Gasteiger partial charge in [-0.25, -0.2) is 9.79 Å². The first-order chi connectivity index (χ1) is 16.5. The number of esters is 1. The highest BCUT2D eigenvalue weighted by Crippen LogP contribution is 2.46. The summed E-state index contributed by atoms with van der Waals surface area (Å²) in [4.78, 5) is 32.1. The van der Waals surface area contributed by atoms with Gasteiger partial charge in [-0.2, -0.15) is 0 Å². The van der Waals surface area contributed by atoms with Crippen LogP contribution in [0.5, 0.6) is 11.5 Å². The normalized spacial score (nSPS) is 17.0. The van der Waals surface area contributed by atoms with E-state index in [2.05, 4.69) is 5.32 Å². The molecule has 7 nitrogen and oxygen atoms in total. The fraction of sp³-hybridized carbons (Fsp3) is 0.269. The zero-order chi connectivity index (χ0) is 24.1. The van der Waals surface area contributed by atoms with Gasteiger partial charge in [0.1, 0.15) is 11.5 Å². The summed E-state index contributed by atoms with van der Waals surface area (Å²) >= 11 is 1.46. The maximum absolute atomic E-state index is 13.0. The topological polar surface area (TPSA) is 80.2 Å². The molecule has 0 spiro atoms. The molecule has 2 aromatic carbocycles. The van der Waals surface area contributed by atoms with E-state index >= 15 is 0 Å². The van der Waals surface area contributed by atoms with Crippen LogP contribution >= 0.6 is 11.8 Å². The number of fused-ring (bicyclic) bond motifs is 1. The van der Waals surface area contributed by atoms with Crippen molar-refractivity contribution in [2.24, 2.45) is 4.99 Å². The molecule has 0 saturated heterocycles. The molecule has 0 radical (unpaired) electrons. The lowest BCUT2D eigenvalue weighted by Crippen LogP contribution is -2.38. The van der Waals surface area contributed by atoms with Crippen molar-refractivity contribution in [1.82, 2.24) is 10.2 Å². The van der Waals surface area contributed by atoms with Crippen LogP contribution in [0.15, 0.2) is 82.0 Å². The van der Waals surface area contributed by atoms with Gasteiger partial charge >= 0.3 is 5.97 Å². The number of ether oxygens (including phenoxy) is 2. The Morgan fingerprint density at radius 3 is 2.56 bits per heavy atom. The number of thioether (sulfide) groups is 1. The summed E-state index contributed by atoms with van der Waals surface area (Å²) in [6, 6.07) is 16.7.